The normalized spacial score (nSPS) is 34.6. The van der Waals surface area contributed by atoms with Gasteiger partial charge >= 0.3 is 11.9 Å². The van der Waals surface area contributed by atoms with E-state index < -0.39 is 95.4 Å². The minimum absolute atomic E-state index is 0.0438. The number of carbonyl (C=O) groups excluding carboxylic acids is 3. The maximum atomic E-state index is 16.6. The van der Waals surface area contributed by atoms with Gasteiger partial charge in [0, 0.05) is 25.2 Å². The van der Waals surface area contributed by atoms with Gasteiger partial charge in [0.25, 0.3) is 0 Å². The highest BCUT2D eigenvalue weighted by Crippen LogP contribution is 2.66. The molecule has 0 radical (unpaired) electrons. The molecule has 2 bridgehead atoms. The standard InChI is InChI=1S/C44H72O10Si3/c1-27-30(52-55(12,13)14)25-44(48)37(50-38(47)29-22-20-19-21-23-29)35-42(11,36(46)34(33(27)41(44,9)10)54-57(17,18)40(6,7)8)31(53-56(15,16)39(3,4)5)24-32-43(35,26-49-32)51-28(2)45/h19-23,30-32,34-35,37,48H,24-26H2,1-18H3/t30-,31-,32+,34+,35-,37-,42+,43-,44+/m0/s1. The van der Waals surface area contributed by atoms with Gasteiger partial charge in [-0.3, -0.25) is 9.59 Å². The van der Waals surface area contributed by atoms with Crippen LogP contribution in [0, 0.1) is 16.7 Å². The second-order valence-corrected chi connectivity index (χ2v) is 36.1. The molecule has 1 heterocycles. The summed E-state index contributed by atoms with van der Waals surface area (Å²) in [6, 6.07) is 8.67. The number of hydrogen-bond acceptors (Lipinski definition) is 10. The number of carbonyl (C=O) groups is 3. The molecule has 2 saturated carbocycles. The Morgan fingerprint density at radius 2 is 1.40 bits per heavy atom. The van der Waals surface area contributed by atoms with Crippen LogP contribution in [0.5, 0.6) is 0 Å². The zero-order valence-electron chi connectivity index (χ0n) is 38.1. The van der Waals surface area contributed by atoms with Crippen molar-refractivity contribution >= 4 is 42.7 Å². The molecule has 0 amide bonds. The van der Waals surface area contributed by atoms with Crippen LogP contribution in [0.3, 0.4) is 0 Å². The van der Waals surface area contributed by atoms with Gasteiger partial charge in [-0.05, 0) is 93.0 Å². The number of esters is 2. The Hall–Kier alpha value is -1.98. The fourth-order valence-corrected chi connectivity index (χ4v) is 13.1. The van der Waals surface area contributed by atoms with Gasteiger partial charge in [-0.15, -0.1) is 0 Å². The van der Waals surface area contributed by atoms with Crippen LogP contribution in [-0.4, -0.2) is 96.1 Å². The predicted molar refractivity (Wildman–Crippen MR) is 230 cm³/mol. The molecule has 0 spiro atoms. The van der Waals surface area contributed by atoms with Crippen molar-refractivity contribution in [3.63, 3.8) is 0 Å². The number of fused-ring (bicyclic) bond motifs is 5. The lowest BCUT2D eigenvalue weighted by molar-refractivity contribution is -0.344. The molecule has 10 nitrogen and oxygen atoms in total. The fourth-order valence-electron chi connectivity index (χ4n) is 9.43. The minimum atomic E-state index is -2.75. The maximum Gasteiger partial charge on any atom is 0.338 e. The SMILES string of the molecule is CC(=O)O[C@@]12CO[C@@H]1C[C@H](O[Si](C)(C)C(C)(C)C)[C@@]1(C)C(=O)[C@H](O[Si](C)(C)C(C)(C)C)C3=C(C)[C@@H](O[Si](C)(C)C)C[C@@](O)([C@@H](OC(=O)c4ccccc4)[C@H]21)C3(C)C. The Kier molecular flexibility index (Phi) is 11.8. The molecule has 1 N–H and O–H groups in total. The second kappa shape index (κ2) is 14.6. The number of rotatable bonds is 9. The topological polar surface area (TPSA) is 127 Å². The molecule has 3 fully saturated rings. The first kappa shape index (κ1) is 46.1. The Bertz CT molecular complexity index is 1770. The molecule has 13 heteroatoms. The van der Waals surface area contributed by atoms with Crippen molar-refractivity contribution in [2.75, 3.05) is 6.61 Å². The summed E-state index contributed by atoms with van der Waals surface area (Å²) in [4.78, 5) is 44.5. The van der Waals surface area contributed by atoms with Crippen molar-refractivity contribution in [1.82, 2.24) is 0 Å². The lowest BCUT2D eigenvalue weighted by atomic mass is 9.44. The molecular weight excluding hydrogens is 773 g/mol. The van der Waals surface area contributed by atoms with E-state index in [9.17, 15) is 14.7 Å². The van der Waals surface area contributed by atoms with Crippen LogP contribution in [0.2, 0.25) is 55.9 Å². The Balaban J connectivity index is 1.95. The number of aliphatic hydroxyl groups is 1. The third-order valence-corrected chi connectivity index (χ3v) is 24.7. The summed E-state index contributed by atoms with van der Waals surface area (Å²) in [5.74, 6) is -2.57. The van der Waals surface area contributed by atoms with E-state index in [0.29, 0.717) is 11.1 Å². The van der Waals surface area contributed by atoms with Gasteiger partial charge in [0.05, 0.1) is 35.7 Å². The van der Waals surface area contributed by atoms with Gasteiger partial charge in [0.15, 0.2) is 36.3 Å². The highest BCUT2D eigenvalue weighted by molar-refractivity contribution is 6.74. The first-order valence-corrected chi connectivity index (χ1v) is 30.0. The van der Waals surface area contributed by atoms with E-state index in [1.165, 1.54) is 6.92 Å². The van der Waals surface area contributed by atoms with Crippen LogP contribution >= 0.6 is 0 Å². The summed E-state index contributed by atoms with van der Waals surface area (Å²) in [5, 5.41) is 13.6. The highest BCUT2D eigenvalue weighted by Gasteiger charge is 2.79. The van der Waals surface area contributed by atoms with Crippen molar-refractivity contribution in [2.24, 2.45) is 16.7 Å². The molecule has 320 valence electrons. The summed E-state index contributed by atoms with van der Waals surface area (Å²) in [6.45, 7) is 36.8. The van der Waals surface area contributed by atoms with Gasteiger partial charge in [-0.25, -0.2) is 4.79 Å². The van der Waals surface area contributed by atoms with Crippen LogP contribution in [-0.2, 0) is 37.1 Å². The first-order chi connectivity index (χ1) is 25.7. The smallest absolute Gasteiger partial charge is 0.338 e. The fraction of sp³-hybridized carbons (Fsp3) is 0.750. The summed E-state index contributed by atoms with van der Waals surface area (Å²) < 4.78 is 41.3. The van der Waals surface area contributed by atoms with Gasteiger partial charge < -0.3 is 32.6 Å². The quantitative estimate of drug-likeness (QED) is 0.146. The zero-order valence-corrected chi connectivity index (χ0v) is 41.1. The average Bonchev–Trinajstić information content (AvgIpc) is 3.04. The first-order valence-electron chi connectivity index (χ1n) is 20.8. The van der Waals surface area contributed by atoms with E-state index in [1.54, 1.807) is 24.3 Å². The van der Waals surface area contributed by atoms with Gasteiger partial charge in [0.1, 0.15) is 23.9 Å². The van der Waals surface area contributed by atoms with E-state index in [-0.39, 0.29) is 35.3 Å². The number of ketones is 1. The number of benzene rings is 1. The summed E-state index contributed by atoms with van der Waals surface area (Å²) in [7, 11) is -7.68. The monoisotopic (exact) mass is 844 g/mol. The third kappa shape index (κ3) is 7.67. The van der Waals surface area contributed by atoms with E-state index >= 15 is 4.79 Å². The number of Topliss-reactive ketones (excluding diaryl/α,β-unsaturated/α-hetero) is 1. The molecule has 0 unspecified atom stereocenters. The van der Waals surface area contributed by atoms with Crippen LogP contribution in [0.25, 0.3) is 0 Å². The van der Waals surface area contributed by atoms with E-state index in [0.717, 1.165) is 5.57 Å². The zero-order chi connectivity index (χ0) is 43.3. The molecule has 1 saturated heterocycles. The summed E-state index contributed by atoms with van der Waals surface area (Å²) >= 11 is 0. The molecule has 4 aliphatic rings. The molecule has 1 aromatic rings. The van der Waals surface area contributed by atoms with Crippen molar-refractivity contribution in [3.05, 3.63) is 47.0 Å². The van der Waals surface area contributed by atoms with Crippen molar-refractivity contribution in [1.29, 1.82) is 0 Å². The third-order valence-electron chi connectivity index (χ3n) is 14.8. The van der Waals surface area contributed by atoms with Crippen LogP contribution in [0.15, 0.2) is 41.5 Å². The van der Waals surface area contributed by atoms with E-state index in [1.807, 2.05) is 33.8 Å². The highest BCUT2D eigenvalue weighted by atomic mass is 28.4. The Morgan fingerprint density at radius 1 is 0.860 bits per heavy atom. The van der Waals surface area contributed by atoms with Gasteiger partial charge in [-0.1, -0.05) is 73.6 Å². The predicted octanol–water partition coefficient (Wildman–Crippen LogP) is 9.00. The van der Waals surface area contributed by atoms with E-state index in [4.69, 9.17) is 27.5 Å². The molecule has 57 heavy (non-hydrogen) atoms. The number of hydrogen-bond donors (Lipinski definition) is 1. The Morgan fingerprint density at radius 3 is 1.88 bits per heavy atom. The van der Waals surface area contributed by atoms with Crippen molar-refractivity contribution in [2.45, 2.75) is 187 Å². The molecule has 3 aliphatic carbocycles. The number of ether oxygens (including phenoxy) is 3. The van der Waals surface area contributed by atoms with Crippen LogP contribution < -0.4 is 0 Å². The van der Waals surface area contributed by atoms with Gasteiger partial charge in [0.2, 0.25) is 0 Å². The molecule has 1 aromatic carbocycles. The lowest BCUT2D eigenvalue weighted by Gasteiger charge is -2.69. The van der Waals surface area contributed by atoms with Crippen LogP contribution in [0.1, 0.15) is 99.4 Å². The molecule has 9 atom stereocenters. The van der Waals surface area contributed by atoms with E-state index in [2.05, 4.69) is 87.4 Å². The summed E-state index contributed by atoms with van der Waals surface area (Å²) in [5.41, 5.74) is -4.27. The lowest BCUT2D eigenvalue weighted by Crippen LogP contribution is -2.82. The van der Waals surface area contributed by atoms with Gasteiger partial charge in [-0.2, -0.15) is 0 Å². The Labute approximate surface area is 345 Å². The molecule has 1 aliphatic heterocycles. The molecule has 5 rings (SSSR count). The van der Waals surface area contributed by atoms with Crippen molar-refractivity contribution in [3.8, 4) is 0 Å². The second-order valence-electron chi connectivity index (χ2n) is 22.1. The molecular formula is C44H72O10Si3. The maximum absolute atomic E-state index is 16.6. The average molecular weight is 845 g/mol. The molecule has 0 aromatic heterocycles. The minimum Gasteiger partial charge on any atom is -0.455 e. The largest absolute Gasteiger partial charge is 0.455 e. The van der Waals surface area contributed by atoms with Crippen molar-refractivity contribution < 1.29 is 47.0 Å². The summed E-state index contributed by atoms with van der Waals surface area (Å²) in [6.07, 6.45) is -4.27. The van der Waals surface area contributed by atoms with Crippen LogP contribution in [0.4, 0.5) is 0 Å².